The maximum Gasteiger partial charge on any atom is 0.339 e. The lowest BCUT2D eigenvalue weighted by Gasteiger charge is -2.35. The fourth-order valence-corrected chi connectivity index (χ4v) is 4.21. The molecule has 0 aromatic heterocycles. The number of hydrogen-bond acceptors (Lipinski definition) is 5. The highest BCUT2D eigenvalue weighted by Crippen LogP contribution is 2.26. The second-order valence-corrected chi connectivity index (χ2v) is 7.06. The molecule has 1 aliphatic heterocycles. The molecule has 0 saturated carbocycles. The van der Waals surface area contributed by atoms with E-state index in [1.807, 2.05) is 0 Å². The third-order valence-electron chi connectivity index (χ3n) is 3.49. The minimum absolute atomic E-state index is 0.140. The van der Waals surface area contributed by atoms with E-state index in [4.69, 9.17) is 4.74 Å². The van der Waals surface area contributed by atoms with Crippen molar-refractivity contribution in [1.29, 1.82) is 0 Å². The summed E-state index contributed by atoms with van der Waals surface area (Å²) in [7, 11) is -2.90. The van der Waals surface area contributed by atoms with Crippen molar-refractivity contribution >= 4 is 16.0 Å². The second-order valence-electron chi connectivity index (χ2n) is 5.20. The van der Waals surface area contributed by atoms with Crippen LogP contribution in [0.1, 0.15) is 24.2 Å². The minimum Gasteiger partial charge on any atom is -0.465 e. The molecule has 2 atom stereocenters. The van der Waals surface area contributed by atoms with E-state index in [0.717, 1.165) is 25.3 Å². The lowest BCUT2D eigenvalue weighted by Crippen LogP contribution is -2.50. The van der Waals surface area contributed by atoms with Crippen molar-refractivity contribution in [3.05, 3.63) is 29.6 Å². The van der Waals surface area contributed by atoms with Crippen LogP contribution in [-0.4, -0.2) is 51.1 Å². The van der Waals surface area contributed by atoms with E-state index in [0.29, 0.717) is 0 Å². The van der Waals surface area contributed by atoms with Crippen LogP contribution in [0.2, 0.25) is 0 Å². The van der Waals surface area contributed by atoms with Crippen LogP contribution >= 0.6 is 0 Å². The zero-order valence-electron chi connectivity index (χ0n) is 12.6. The Balaban J connectivity index is 2.53. The van der Waals surface area contributed by atoms with Gasteiger partial charge in [0.05, 0.1) is 30.3 Å². The molecule has 0 radical (unpaired) electrons. The molecule has 1 saturated heterocycles. The van der Waals surface area contributed by atoms with Crippen molar-refractivity contribution in [2.24, 2.45) is 0 Å². The van der Waals surface area contributed by atoms with E-state index in [9.17, 15) is 17.6 Å². The minimum atomic E-state index is -4.04. The Morgan fingerprint density at radius 2 is 2.09 bits per heavy atom. The first-order chi connectivity index (χ1) is 10.3. The van der Waals surface area contributed by atoms with Crippen LogP contribution in [0.3, 0.4) is 0 Å². The Kier molecular flexibility index (Phi) is 4.84. The van der Waals surface area contributed by atoms with E-state index < -0.39 is 27.9 Å². The smallest absolute Gasteiger partial charge is 0.339 e. The van der Waals surface area contributed by atoms with Gasteiger partial charge in [-0.3, -0.25) is 0 Å². The number of rotatable bonds is 3. The van der Waals surface area contributed by atoms with Crippen LogP contribution in [0.25, 0.3) is 0 Å². The highest BCUT2D eigenvalue weighted by Gasteiger charge is 2.36. The topological polar surface area (TPSA) is 72.9 Å². The van der Waals surface area contributed by atoms with Gasteiger partial charge in [0, 0.05) is 12.6 Å². The summed E-state index contributed by atoms with van der Waals surface area (Å²) < 4.78 is 50.4. The highest BCUT2D eigenvalue weighted by atomic mass is 32.2. The molecule has 22 heavy (non-hydrogen) atoms. The van der Waals surface area contributed by atoms with Gasteiger partial charge >= 0.3 is 5.97 Å². The summed E-state index contributed by atoms with van der Waals surface area (Å²) in [6.45, 7) is 3.83. The molecule has 1 aromatic rings. The molecule has 6 nitrogen and oxygen atoms in total. The average Bonchev–Trinajstić information content (AvgIpc) is 2.48. The number of benzene rings is 1. The summed E-state index contributed by atoms with van der Waals surface area (Å²) in [6, 6.07) is 2.57. The molecule has 0 bridgehead atoms. The predicted molar refractivity (Wildman–Crippen MR) is 76.5 cm³/mol. The van der Waals surface area contributed by atoms with Crippen molar-refractivity contribution in [2.75, 3.05) is 20.3 Å². The Bertz CT molecular complexity index is 676. The van der Waals surface area contributed by atoms with Gasteiger partial charge in [-0.05, 0) is 32.0 Å². The van der Waals surface area contributed by atoms with Gasteiger partial charge in [-0.1, -0.05) is 0 Å². The SMILES string of the molecule is COC(=O)c1ccc(F)cc1S(=O)(=O)N1C[C@H](C)OC[C@H]1C. The number of methoxy groups -OCH3 is 1. The number of sulfonamides is 1. The van der Waals surface area contributed by atoms with E-state index in [-0.39, 0.29) is 29.7 Å². The summed E-state index contributed by atoms with van der Waals surface area (Å²) in [4.78, 5) is 11.4. The zero-order valence-corrected chi connectivity index (χ0v) is 13.4. The van der Waals surface area contributed by atoms with Crippen molar-refractivity contribution in [3.8, 4) is 0 Å². The van der Waals surface area contributed by atoms with Crippen LogP contribution < -0.4 is 0 Å². The van der Waals surface area contributed by atoms with E-state index >= 15 is 0 Å². The molecule has 8 heteroatoms. The number of hydrogen-bond donors (Lipinski definition) is 0. The van der Waals surface area contributed by atoms with Crippen LogP contribution in [0, 0.1) is 5.82 Å². The van der Waals surface area contributed by atoms with Crippen LogP contribution in [0.5, 0.6) is 0 Å². The number of esters is 1. The van der Waals surface area contributed by atoms with Gasteiger partial charge in [-0.25, -0.2) is 17.6 Å². The van der Waals surface area contributed by atoms with E-state index in [2.05, 4.69) is 4.74 Å². The Morgan fingerprint density at radius 3 is 2.73 bits per heavy atom. The molecular weight excluding hydrogens is 313 g/mol. The highest BCUT2D eigenvalue weighted by molar-refractivity contribution is 7.89. The van der Waals surface area contributed by atoms with Gasteiger partial charge in [-0.2, -0.15) is 4.31 Å². The Hall–Kier alpha value is -1.51. The molecule has 1 aliphatic rings. The Morgan fingerprint density at radius 1 is 1.41 bits per heavy atom. The number of carbonyl (C=O) groups excluding carboxylic acids is 1. The Labute approximate surface area is 128 Å². The second kappa shape index (κ2) is 6.31. The summed E-state index contributed by atoms with van der Waals surface area (Å²) in [5.74, 6) is -1.56. The maximum atomic E-state index is 13.5. The summed E-state index contributed by atoms with van der Waals surface area (Å²) in [6.07, 6.45) is -0.277. The van der Waals surface area contributed by atoms with Crippen molar-refractivity contribution in [2.45, 2.75) is 30.9 Å². The fourth-order valence-electron chi connectivity index (χ4n) is 2.32. The molecular formula is C14H18FNO5S. The molecule has 1 heterocycles. The first-order valence-corrected chi connectivity index (χ1v) is 8.22. The van der Waals surface area contributed by atoms with Gasteiger partial charge in [-0.15, -0.1) is 0 Å². The predicted octanol–water partition coefficient (Wildman–Crippen LogP) is 1.41. The molecule has 0 N–H and O–H groups in total. The average molecular weight is 331 g/mol. The third-order valence-corrected chi connectivity index (χ3v) is 5.51. The van der Waals surface area contributed by atoms with Crippen LogP contribution in [0.15, 0.2) is 23.1 Å². The zero-order chi connectivity index (χ0) is 16.5. The third kappa shape index (κ3) is 3.13. The number of ether oxygens (including phenoxy) is 2. The molecule has 0 unspecified atom stereocenters. The molecule has 1 aromatic carbocycles. The van der Waals surface area contributed by atoms with Crippen molar-refractivity contribution in [3.63, 3.8) is 0 Å². The summed E-state index contributed by atoms with van der Waals surface area (Å²) >= 11 is 0. The number of carbonyl (C=O) groups is 1. The molecule has 0 spiro atoms. The quantitative estimate of drug-likeness (QED) is 0.783. The van der Waals surface area contributed by atoms with Crippen molar-refractivity contribution < 1.29 is 27.1 Å². The first-order valence-electron chi connectivity index (χ1n) is 6.78. The van der Waals surface area contributed by atoms with E-state index in [1.54, 1.807) is 13.8 Å². The maximum absolute atomic E-state index is 13.5. The molecule has 2 rings (SSSR count). The first kappa shape index (κ1) is 16.9. The number of nitrogens with zero attached hydrogens (tertiary/aromatic N) is 1. The lowest BCUT2D eigenvalue weighted by molar-refractivity contribution is -0.0170. The van der Waals surface area contributed by atoms with Gasteiger partial charge in [0.25, 0.3) is 0 Å². The van der Waals surface area contributed by atoms with Gasteiger partial charge in [0.1, 0.15) is 5.82 Å². The number of morpholine rings is 1. The van der Waals surface area contributed by atoms with Crippen molar-refractivity contribution in [1.82, 2.24) is 4.31 Å². The van der Waals surface area contributed by atoms with E-state index in [1.165, 1.54) is 4.31 Å². The van der Waals surface area contributed by atoms with Gasteiger partial charge in [0.15, 0.2) is 0 Å². The number of halogens is 1. The lowest BCUT2D eigenvalue weighted by atomic mass is 10.2. The largest absolute Gasteiger partial charge is 0.465 e. The van der Waals surface area contributed by atoms with Gasteiger partial charge in [0.2, 0.25) is 10.0 Å². The normalized spacial score (nSPS) is 23.3. The molecule has 0 amide bonds. The summed E-state index contributed by atoms with van der Waals surface area (Å²) in [5.41, 5.74) is -0.185. The monoisotopic (exact) mass is 331 g/mol. The van der Waals surface area contributed by atoms with Gasteiger partial charge < -0.3 is 9.47 Å². The molecule has 0 aliphatic carbocycles. The molecule has 122 valence electrons. The molecule has 1 fully saturated rings. The summed E-state index contributed by atoms with van der Waals surface area (Å²) in [5, 5.41) is 0. The fraction of sp³-hybridized carbons (Fsp3) is 0.500. The van der Waals surface area contributed by atoms with Crippen LogP contribution in [0.4, 0.5) is 4.39 Å². The standard InChI is InChI=1S/C14H18FNO5S/c1-9-8-21-10(2)7-16(9)22(18,19)13-6-11(15)4-5-12(13)14(17)20-3/h4-6,9-10H,7-8H2,1-3H3/t9-,10+/m1/s1. The van der Waals surface area contributed by atoms with Crippen LogP contribution in [-0.2, 0) is 19.5 Å².